The molecule has 0 saturated heterocycles. The number of nitrogens with one attached hydrogen (secondary N) is 1. The minimum absolute atomic E-state index is 0.0786. The summed E-state index contributed by atoms with van der Waals surface area (Å²) < 4.78 is 0. The summed E-state index contributed by atoms with van der Waals surface area (Å²) in [7, 11) is 0. The van der Waals surface area contributed by atoms with Crippen molar-refractivity contribution in [1.29, 1.82) is 0 Å². The van der Waals surface area contributed by atoms with Gasteiger partial charge in [-0.25, -0.2) is 0 Å². The van der Waals surface area contributed by atoms with E-state index in [0.29, 0.717) is 6.42 Å². The molecule has 2 unspecified atom stereocenters. The first-order valence-electron chi connectivity index (χ1n) is 26.5. The lowest BCUT2D eigenvalue weighted by Crippen LogP contribution is -2.45. The average molecular weight is 838 g/mol. The molecule has 0 aliphatic heterocycles. The van der Waals surface area contributed by atoms with Crippen molar-refractivity contribution in [1.82, 2.24) is 5.32 Å². The lowest BCUT2D eigenvalue weighted by Gasteiger charge is -2.19. The molecule has 0 aromatic heterocycles. The zero-order valence-electron chi connectivity index (χ0n) is 40.2. The van der Waals surface area contributed by atoms with Crippen LogP contribution in [0.3, 0.4) is 0 Å². The third-order valence-electron chi connectivity index (χ3n) is 12.0. The third-order valence-corrected chi connectivity index (χ3v) is 12.0. The van der Waals surface area contributed by atoms with Crippen molar-refractivity contribution in [2.24, 2.45) is 0 Å². The highest BCUT2D eigenvalue weighted by Gasteiger charge is 2.17. The van der Waals surface area contributed by atoms with Gasteiger partial charge in [-0.15, -0.1) is 0 Å². The number of allylic oxidation sites excluding steroid dienone is 9. The number of aliphatic hydroxyl groups excluding tert-OH is 2. The molecule has 60 heavy (non-hydrogen) atoms. The maximum atomic E-state index is 12.4. The van der Waals surface area contributed by atoms with Gasteiger partial charge in [-0.2, -0.15) is 0 Å². The molecule has 0 bridgehead atoms. The molecule has 0 radical (unpaired) electrons. The Labute approximate surface area is 375 Å². The summed E-state index contributed by atoms with van der Waals surface area (Å²) >= 11 is 0. The number of hydrogen-bond acceptors (Lipinski definition) is 3. The first-order valence-corrected chi connectivity index (χ1v) is 26.5. The standard InChI is InChI=1S/C56H103NO3/c1-3-5-7-9-11-13-14-15-16-17-18-19-20-21-22-23-24-25-26-27-28-29-30-31-32-33-34-35-36-37-38-39-40-41-42-44-46-48-50-52-56(60)57-54(53-58)55(59)51-49-47-45-43-12-10-8-6-4-2/h4,6,12,14-15,17-18,43,49,51,54-55,58-59H,3,5,7-11,13,16,19-42,44-48,50,52-53H2,1-2H3,(H,57,60)/b6-4+,15-14-,18-17-,43-12+,51-49+. The van der Waals surface area contributed by atoms with Crippen molar-refractivity contribution in [3.63, 3.8) is 0 Å². The third kappa shape index (κ3) is 47.1. The fourth-order valence-corrected chi connectivity index (χ4v) is 8.01. The summed E-state index contributed by atoms with van der Waals surface area (Å²) in [6.45, 7) is 4.06. The molecular formula is C56H103NO3. The molecular weight excluding hydrogens is 735 g/mol. The predicted molar refractivity (Wildman–Crippen MR) is 267 cm³/mol. The first kappa shape index (κ1) is 58.1. The second-order valence-electron chi connectivity index (χ2n) is 17.9. The Morgan fingerprint density at radius 1 is 0.433 bits per heavy atom. The summed E-state index contributed by atoms with van der Waals surface area (Å²) in [5.41, 5.74) is 0. The lowest BCUT2D eigenvalue weighted by atomic mass is 10.0. The molecule has 1 amide bonds. The average Bonchev–Trinajstić information content (AvgIpc) is 3.25. The molecule has 0 aromatic carbocycles. The van der Waals surface area contributed by atoms with Crippen molar-refractivity contribution in [3.8, 4) is 0 Å². The van der Waals surface area contributed by atoms with Crippen molar-refractivity contribution < 1.29 is 15.0 Å². The van der Waals surface area contributed by atoms with Crippen LogP contribution >= 0.6 is 0 Å². The minimum atomic E-state index is -0.867. The van der Waals surface area contributed by atoms with E-state index in [1.54, 1.807) is 6.08 Å². The van der Waals surface area contributed by atoms with Gasteiger partial charge >= 0.3 is 0 Å². The Bertz CT molecular complexity index is 996. The van der Waals surface area contributed by atoms with Crippen LogP contribution in [-0.4, -0.2) is 34.9 Å². The molecule has 0 rings (SSSR count). The van der Waals surface area contributed by atoms with E-state index in [1.165, 1.54) is 205 Å². The minimum Gasteiger partial charge on any atom is -0.394 e. The highest BCUT2D eigenvalue weighted by molar-refractivity contribution is 5.76. The van der Waals surface area contributed by atoms with Gasteiger partial charge in [0.1, 0.15) is 0 Å². The van der Waals surface area contributed by atoms with Crippen molar-refractivity contribution >= 4 is 5.91 Å². The number of rotatable bonds is 48. The second-order valence-corrected chi connectivity index (χ2v) is 17.9. The van der Waals surface area contributed by atoms with Gasteiger partial charge in [0.15, 0.2) is 0 Å². The van der Waals surface area contributed by atoms with Crippen LogP contribution < -0.4 is 5.32 Å². The lowest BCUT2D eigenvalue weighted by molar-refractivity contribution is -0.123. The smallest absolute Gasteiger partial charge is 0.220 e. The number of carbonyl (C=O) groups is 1. The Morgan fingerprint density at radius 3 is 1.15 bits per heavy atom. The fourth-order valence-electron chi connectivity index (χ4n) is 8.01. The number of hydrogen-bond donors (Lipinski definition) is 3. The maximum absolute atomic E-state index is 12.4. The number of carbonyl (C=O) groups excluding carboxylic acids is 1. The van der Waals surface area contributed by atoms with Crippen LogP contribution in [0.4, 0.5) is 0 Å². The van der Waals surface area contributed by atoms with Crippen LogP contribution in [0.25, 0.3) is 0 Å². The van der Waals surface area contributed by atoms with Gasteiger partial charge in [0.2, 0.25) is 5.91 Å². The van der Waals surface area contributed by atoms with Crippen molar-refractivity contribution in [3.05, 3.63) is 60.8 Å². The highest BCUT2D eigenvalue weighted by Crippen LogP contribution is 2.17. The van der Waals surface area contributed by atoms with Crippen LogP contribution in [0, 0.1) is 0 Å². The van der Waals surface area contributed by atoms with Crippen molar-refractivity contribution in [2.75, 3.05) is 6.61 Å². The molecule has 4 nitrogen and oxygen atoms in total. The van der Waals surface area contributed by atoms with Gasteiger partial charge in [0, 0.05) is 6.42 Å². The van der Waals surface area contributed by atoms with Crippen LogP contribution in [-0.2, 0) is 4.79 Å². The summed E-state index contributed by atoms with van der Waals surface area (Å²) in [5, 5.41) is 22.9. The van der Waals surface area contributed by atoms with E-state index in [-0.39, 0.29) is 12.5 Å². The van der Waals surface area contributed by atoms with E-state index in [2.05, 4.69) is 60.8 Å². The van der Waals surface area contributed by atoms with Gasteiger partial charge in [0.25, 0.3) is 0 Å². The summed E-state index contributed by atoms with van der Waals surface area (Å²) in [6, 6.07) is -0.643. The molecule has 0 aliphatic rings. The molecule has 0 saturated carbocycles. The Balaban J connectivity index is 3.35. The Morgan fingerprint density at radius 2 is 0.767 bits per heavy atom. The molecule has 0 fully saturated rings. The molecule has 0 aliphatic carbocycles. The van der Waals surface area contributed by atoms with Crippen LogP contribution in [0.5, 0.6) is 0 Å². The molecule has 0 aromatic rings. The zero-order valence-corrected chi connectivity index (χ0v) is 40.2. The van der Waals surface area contributed by atoms with Crippen LogP contribution in [0.2, 0.25) is 0 Å². The summed E-state index contributed by atoms with van der Waals surface area (Å²) in [4.78, 5) is 12.4. The molecule has 4 heteroatoms. The molecule has 0 spiro atoms. The van der Waals surface area contributed by atoms with Crippen molar-refractivity contribution in [2.45, 2.75) is 283 Å². The zero-order chi connectivity index (χ0) is 43.5. The highest BCUT2D eigenvalue weighted by atomic mass is 16.3. The van der Waals surface area contributed by atoms with Gasteiger partial charge in [0.05, 0.1) is 18.8 Å². The Kier molecular flexibility index (Phi) is 49.8. The predicted octanol–water partition coefficient (Wildman–Crippen LogP) is 17.2. The van der Waals surface area contributed by atoms with Gasteiger partial charge in [-0.3, -0.25) is 4.79 Å². The van der Waals surface area contributed by atoms with Gasteiger partial charge in [-0.1, -0.05) is 254 Å². The van der Waals surface area contributed by atoms with Gasteiger partial charge in [-0.05, 0) is 71.1 Å². The SMILES string of the molecule is C/C=C/CC/C=C/CC/C=C/C(O)C(CO)NC(=O)CCCCCCCCCCCCCCCCCCCCCCCCCCCCC/C=C\C/C=C\CCCCCCC. The summed E-state index contributed by atoms with van der Waals surface area (Å²) in [5.74, 6) is -0.0786. The maximum Gasteiger partial charge on any atom is 0.220 e. The molecule has 3 N–H and O–H groups in total. The monoisotopic (exact) mass is 838 g/mol. The second kappa shape index (κ2) is 51.4. The number of amides is 1. The first-order chi connectivity index (χ1) is 29.7. The Hall–Kier alpha value is -1.91. The van der Waals surface area contributed by atoms with E-state index in [0.717, 1.165) is 44.9 Å². The van der Waals surface area contributed by atoms with Gasteiger partial charge < -0.3 is 15.5 Å². The van der Waals surface area contributed by atoms with E-state index >= 15 is 0 Å². The number of aliphatic hydroxyl groups is 2. The largest absolute Gasteiger partial charge is 0.394 e. The number of unbranched alkanes of at least 4 members (excludes halogenated alkanes) is 34. The normalized spacial score (nSPS) is 13.3. The summed E-state index contributed by atoms with van der Waals surface area (Å²) in [6.07, 6.45) is 72.8. The fraction of sp³-hybridized carbons (Fsp3) is 0.804. The molecule has 2 atom stereocenters. The van der Waals surface area contributed by atoms with E-state index in [9.17, 15) is 15.0 Å². The van der Waals surface area contributed by atoms with Crippen LogP contribution in [0.1, 0.15) is 271 Å². The quantitative estimate of drug-likeness (QED) is 0.0422. The van der Waals surface area contributed by atoms with Crippen LogP contribution in [0.15, 0.2) is 60.8 Å². The van der Waals surface area contributed by atoms with E-state index < -0.39 is 12.1 Å². The topological polar surface area (TPSA) is 69.6 Å². The molecule has 0 heterocycles. The van der Waals surface area contributed by atoms with E-state index in [4.69, 9.17) is 0 Å². The molecule has 350 valence electrons. The van der Waals surface area contributed by atoms with E-state index in [1.807, 2.05) is 13.0 Å².